The molecular weight excluding hydrogens is 234 g/mol. The van der Waals surface area contributed by atoms with Crippen molar-refractivity contribution in [3.8, 4) is 6.07 Å². The average molecular weight is 249 g/mol. The maximum Gasteiger partial charge on any atom is 0.292 e. The molecule has 0 bridgehead atoms. The average Bonchev–Trinajstić information content (AvgIpc) is 2.27. The van der Waals surface area contributed by atoms with E-state index >= 15 is 0 Å². The molecule has 18 heavy (non-hydrogen) atoms. The van der Waals surface area contributed by atoms with E-state index in [1.165, 1.54) is 18.2 Å². The molecule has 6 heteroatoms. The first-order valence-corrected chi connectivity index (χ1v) is 5.35. The van der Waals surface area contributed by atoms with Crippen molar-refractivity contribution >= 4 is 11.4 Å². The SMILES string of the molecule is COCC(C)(C)Nc1cc(C#N)ccc1[N+](=O)[O-]. The zero-order chi connectivity index (χ0) is 13.8. The van der Waals surface area contributed by atoms with Crippen molar-refractivity contribution in [3.05, 3.63) is 33.9 Å². The first-order chi connectivity index (χ1) is 8.39. The minimum atomic E-state index is -0.480. The third-order valence-electron chi connectivity index (χ3n) is 2.30. The fourth-order valence-corrected chi connectivity index (χ4v) is 1.63. The number of nitrogens with one attached hydrogen (secondary N) is 1. The van der Waals surface area contributed by atoms with Crippen LogP contribution in [0.3, 0.4) is 0 Å². The van der Waals surface area contributed by atoms with Gasteiger partial charge in [0.15, 0.2) is 0 Å². The summed E-state index contributed by atoms with van der Waals surface area (Å²) in [6.07, 6.45) is 0. The molecule has 0 aliphatic carbocycles. The van der Waals surface area contributed by atoms with Gasteiger partial charge in [-0.15, -0.1) is 0 Å². The summed E-state index contributed by atoms with van der Waals surface area (Å²) in [4.78, 5) is 10.4. The summed E-state index contributed by atoms with van der Waals surface area (Å²) in [6.45, 7) is 4.11. The molecule has 0 spiro atoms. The number of hydrogen-bond donors (Lipinski definition) is 1. The molecule has 0 aliphatic rings. The van der Waals surface area contributed by atoms with Crippen LogP contribution in [0.4, 0.5) is 11.4 Å². The lowest BCUT2D eigenvalue weighted by atomic mass is 10.1. The molecule has 0 fully saturated rings. The lowest BCUT2D eigenvalue weighted by Gasteiger charge is -2.26. The highest BCUT2D eigenvalue weighted by atomic mass is 16.6. The van der Waals surface area contributed by atoms with Gasteiger partial charge in [0.2, 0.25) is 0 Å². The summed E-state index contributed by atoms with van der Waals surface area (Å²) in [5, 5.41) is 22.8. The largest absolute Gasteiger partial charge is 0.382 e. The maximum absolute atomic E-state index is 10.9. The monoisotopic (exact) mass is 249 g/mol. The third-order valence-corrected chi connectivity index (χ3v) is 2.30. The molecular formula is C12H15N3O3. The van der Waals surface area contributed by atoms with Crippen LogP contribution in [0, 0.1) is 21.4 Å². The molecule has 1 aromatic rings. The second-order valence-electron chi connectivity index (χ2n) is 4.54. The fourth-order valence-electron chi connectivity index (χ4n) is 1.63. The molecule has 0 saturated carbocycles. The van der Waals surface area contributed by atoms with Crippen LogP contribution in [0.15, 0.2) is 18.2 Å². The number of nitro groups is 1. The van der Waals surface area contributed by atoms with Gasteiger partial charge in [0, 0.05) is 13.2 Å². The van der Waals surface area contributed by atoms with E-state index in [0.717, 1.165) is 0 Å². The number of hydrogen-bond acceptors (Lipinski definition) is 5. The third kappa shape index (κ3) is 3.43. The number of ether oxygens (including phenoxy) is 1. The number of benzene rings is 1. The Morgan fingerprint density at radius 1 is 1.56 bits per heavy atom. The van der Waals surface area contributed by atoms with E-state index in [4.69, 9.17) is 10.00 Å². The highest BCUT2D eigenvalue weighted by molar-refractivity contribution is 5.65. The van der Waals surface area contributed by atoms with Gasteiger partial charge >= 0.3 is 0 Å². The van der Waals surface area contributed by atoms with Gasteiger partial charge in [0.1, 0.15) is 5.69 Å². The van der Waals surface area contributed by atoms with Crippen LogP contribution in [-0.4, -0.2) is 24.2 Å². The van der Waals surface area contributed by atoms with E-state index < -0.39 is 10.5 Å². The lowest BCUT2D eigenvalue weighted by Crippen LogP contribution is -2.36. The highest BCUT2D eigenvalue weighted by Crippen LogP contribution is 2.28. The summed E-state index contributed by atoms with van der Waals surface area (Å²) in [7, 11) is 1.56. The Labute approximate surface area is 105 Å². The molecule has 0 unspecified atom stereocenters. The smallest absolute Gasteiger partial charge is 0.292 e. The highest BCUT2D eigenvalue weighted by Gasteiger charge is 2.22. The quantitative estimate of drug-likeness (QED) is 0.639. The van der Waals surface area contributed by atoms with Gasteiger partial charge in [-0.3, -0.25) is 10.1 Å². The number of rotatable bonds is 5. The molecule has 0 saturated heterocycles. The van der Waals surface area contributed by atoms with Gasteiger partial charge < -0.3 is 10.1 Å². The van der Waals surface area contributed by atoms with Crippen LogP contribution in [-0.2, 0) is 4.74 Å². The predicted octanol–water partition coefficient (Wildman–Crippen LogP) is 2.30. The molecule has 0 aliphatic heterocycles. The van der Waals surface area contributed by atoms with Crippen molar-refractivity contribution in [3.63, 3.8) is 0 Å². The van der Waals surface area contributed by atoms with E-state index in [-0.39, 0.29) is 5.69 Å². The van der Waals surface area contributed by atoms with Gasteiger partial charge in [-0.05, 0) is 26.0 Å². The van der Waals surface area contributed by atoms with Gasteiger partial charge in [-0.25, -0.2) is 0 Å². The predicted molar refractivity (Wildman–Crippen MR) is 67.4 cm³/mol. The van der Waals surface area contributed by atoms with Crippen molar-refractivity contribution in [1.29, 1.82) is 5.26 Å². The van der Waals surface area contributed by atoms with Gasteiger partial charge in [-0.2, -0.15) is 5.26 Å². The minimum Gasteiger partial charge on any atom is -0.382 e. The Morgan fingerprint density at radius 3 is 2.72 bits per heavy atom. The first-order valence-electron chi connectivity index (χ1n) is 5.35. The van der Waals surface area contributed by atoms with Crippen LogP contribution in [0.5, 0.6) is 0 Å². The normalized spacial score (nSPS) is 10.8. The summed E-state index contributed by atoms with van der Waals surface area (Å²) in [6, 6.07) is 6.17. The van der Waals surface area contributed by atoms with E-state index in [1.54, 1.807) is 7.11 Å². The van der Waals surface area contributed by atoms with Crippen LogP contribution in [0.25, 0.3) is 0 Å². The molecule has 0 radical (unpaired) electrons. The molecule has 1 aromatic carbocycles. The molecule has 0 atom stereocenters. The topological polar surface area (TPSA) is 88.2 Å². The maximum atomic E-state index is 10.9. The van der Waals surface area contributed by atoms with Crippen molar-refractivity contribution in [1.82, 2.24) is 0 Å². The summed E-state index contributed by atoms with van der Waals surface area (Å²) in [5.74, 6) is 0. The van der Waals surface area contributed by atoms with Crippen molar-refractivity contribution in [2.45, 2.75) is 19.4 Å². The van der Waals surface area contributed by atoms with E-state index in [0.29, 0.717) is 17.9 Å². The fraction of sp³-hybridized carbons (Fsp3) is 0.417. The van der Waals surface area contributed by atoms with Crippen LogP contribution in [0.2, 0.25) is 0 Å². The van der Waals surface area contributed by atoms with Crippen LogP contribution in [0.1, 0.15) is 19.4 Å². The van der Waals surface area contributed by atoms with Crippen molar-refractivity contribution < 1.29 is 9.66 Å². The van der Waals surface area contributed by atoms with Crippen molar-refractivity contribution in [2.24, 2.45) is 0 Å². The number of methoxy groups -OCH3 is 1. The second-order valence-corrected chi connectivity index (χ2v) is 4.54. The molecule has 0 aromatic heterocycles. The Hall–Kier alpha value is -2.13. The van der Waals surface area contributed by atoms with Gasteiger partial charge in [0.05, 0.1) is 28.7 Å². The van der Waals surface area contributed by atoms with Crippen LogP contribution < -0.4 is 5.32 Å². The Balaban J connectivity index is 3.13. The Kier molecular flexibility index (Phi) is 4.23. The van der Waals surface area contributed by atoms with Gasteiger partial charge in [-0.1, -0.05) is 0 Å². The number of nitro benzene ring substituents is 1. The Bertz CT molecular complexity index is 492. The molecule has 6 nitrogen and oxygen atoms in total. The zero-order valence-corrected chi connectivity index (χ0v) is 10.6. The standard InChI is InChI=1S/C12H15N3O3/c1-12(2,8-18-3)14-10-6-9(7-13)4-5-11(10)15(16)17/h4-6,14H,8H2,1-3H3. The molecule has 0 heterocycles. The molecule has 1 rings (SSSR count). The minimum absolute atomic E-state index is 0.0572. The van der Waals surface area contributed by atoms with Gasteiger partial charge in [0.25, 0.3) is 5.69 Å². The molecule has 96 valence electrons. The zero-order valence-electron chi connectivity index (χ0n) is 10.6. The van der Waals surface area contributed by atoms with E-state index in [1.807, 2.05) is 19.9 Å². The van der Waals surface area contributed by atoms with E-state index in [2.05, 4.69) is 5.32 Å². The molecule has 1 N–H and O–H groups in total. The number of anilines is 1. The Morgan fingerprint density at radius 2 is 2.22 bits per heavy atom. The molecule has 0 amide bonds. The van der Waals surface area contributed by atoms with Crippen LogP contribution >= 0.6 is 0 Å². The number of nitrogens with zero attached hydrogens (tertiary/aromatic N) is 2. The first kappa shape index (κ1) is 13.9. The second kappa shape index (κ2) is 5.47. The van der Waals surface area contributed by atoms with Crippen molar-refractivity contribution in [2.75, 3.05) is 19.0 Å². The summed E-state index contributed by atoms with van der Waals surface area (Å²) in [5.41, 5.74) is 0.170. The van der Waals surface area contributed by atoms with E-state index in [9.17, 15) is 10.1 Å². The lowest BCUT2D eigenvalue weighted by molar-refractivity contribution is -0.384. The number of nitriles is 1. The summed E-state index contributed by atoms with van der Waals surface area (Å²) < 4.78 is 5.04. The summed E-state index contributed by atoms with van der Waals surface area (Å²) >= 11 is 0.